The summed E-state index contributed by atoms with van der Waals surface area (Å²) in [5.74, 6) is 0.600. The summed E-state index contributed by atoms with van der Waals surface area (Å²) in [5, 5.41) is 8.35. The van der Waals surface area contributed by atoms with E-state index in [1.54, 1.807) is 0 Å². The molecule has 0 amide bonds. The highest BCUT2D eigenvalue weighted by molar-refractivity contribution is 5.17. The van der Waals surface area contributed by atoms with Crippen molar-refractivity contribution in [2.24, 2.45) is 5.92 Å². The van der Waals surface area contributed by atoms with Gasteiger partial charge in [0, 0.05) is 12.7 Å². The van der Waals surface area contributed by atoms with Crippen LogP contribution in [-0.2, 0) is 12.1 Å². The first-order chi connectivity index (χ1) is 8.70. The van der Waals surface area contributed by atoms with Crippen LogP contribution in [0.2, 0.25) is 0 Å². The lowest BCUT2D eigenvalue weighted by Gasteiger charge is -2.38. The van der Waals surface area contributed by atoms with Crippen molar-refractivity contribution in [2.75, 3.05) is 6.54 Å². The second kappa shape index (κ2) is 5.87. The summed E-state index contributed by atoms with van der Waals surface area (Å²) < 4.78 is 2.21. The maximum absolute atomic E-state index is 4.52. The van der Waals surface area contributed by atoms with Crippen molar-refractivity contribution in [1.82, 2.24) is 15.1 Å². The second-order valence-electron chi connectivity index (χ2n) is 5.80. The summed E-state index contributed by atoms with van der Waals surface area (Å²) in [5.41, 5.74) is 1.52. The van der Waals surface area contributed by atoms with E-state index in [9.17, 15) is 0 Å². The van der Waals surface area contributed by atoms with E-state index in [2.05, 4.69) is 41.9 Å². The third-order valence-corrected chi connectivity index (χ3v) is 4.28. The Morgan fingerprint density at radius 2 is 2.22 bits per heavy atom. The Morgan fingerprint density at radius 1 is 1.39 bits per heavy atom. The fraction of sp³-hybridized carbons (Fsp3) is 0.800. The number of aromatic nitrogens is 2. The third kappa shape index (κ3) is 2.46. The van der Waals surface area contributed by atoms with Gasteiger partial charge in [-0.1, -0.05) is 33.6 Å². The zero-order valence-electron chi connectivity index (χ0n) is 12.1. The van der Waals surface area contributed by atoms with Crippen molar-refractivity contribution in [2.45, 2.75) is 65.0 Å². The molecule has 1 unspecified atom stereocenters. The normalized spacial score (nSPS) is 25.3. The topological polar surface area (TPSA) is 29.9 Å². The molecule has 0 aromatic carbocycles. The van der Waals surface area contributed by atoms with Crippen LogP contribution in [0.25, 0.3) is 0 Å². The van der Waals surface area contributed by atoms with Crippen LogP contribution in [0.4, 0.5) is 0 Å². The summed E-state index contributed by atoms with van der Waals surface area (Å²) >= 11 is 0. The molecule has 1 N–H and O–H groups in total. The molecule has 0 radical (unpaired) electrons. The van der Waals surface area contributed by atoms with Crippen LogP contribution in [0.15, 0.2) is 12.3 Å². The minimum absolute atomic E-state index is 0.127. The summed E-state index contributed by atoms with van der Waals surface area (Å²) in [6.45, 7) is 9.05. The fourth-order valence-corrected chi connectivity index (χ4v) is 3.21. The van der Waals surface area contributed by atoms with Crippen LogP contribution >= 0.6 is 0 Å². The van der Waals surface area contributed by atoms with E-state index in [1.807, 2.05) is 6.20 Å². The molecule has 1 atom stereocenters. The lowest BCUT2D eigenvalue weighted by Crippen LogP contribution is -2.47. The van der Waals surface area contributed by atoms with Crippen molar-refractivity contribution >= 4 is 0 Å². The molecular formula is C15H27N3. The molecule has 3 heteroatoms. The van der Waals surface area contributed by atoms with Gasteiger partial charge in [-0.25, -0.2) is 0 Å². The predicted molar refractivity (Wildman–Crippen MR) is 75.5 cm³/mol. The molecular weight excluding hydrogens is 222 g/mol. The molecule has 0 bridgehead atoms. The molecule has 2 heterocycles. The van der Waals surface area contributed by atoms with Crippen LogP contribution in [-0.4, -0.2) is 16.3 Å². The van der Waals surface area contributed by atoms with Gasteiger partial charge < -0.3 is 5.32 Å². The summed E-state index contributed by atoms with van der Waals surface area (Å²) in [6.07, 6.45) is 8.31. The summed E-state index contributed by atoms with van der Waals surface area (Å²) in [4.78, 5) is 0. The second-order valence-corrected chi connectivity index (χ2v) is 5.80. The first kappa shape index (κ1) is 13.6. The molecule has 1 saturated heterocycles. The molecule has 1 aliphatic heterocycles. The summed E-state index contributed by atoms with van der Waals surface area (Å²) in [7, 11) is 0. The maximum Gasteiger partial charge on any atom is 0.0628 e. The molecule has 0 spiro atoms. The van der Waals surface area contributed by atoms with Crippen LogP contribution in [0.5, 0.6) is 0 Å². The lowest BCUT2D eigenvalue weighted by molar-refractivity contribution is 0.212. The van der Waals surface area contributed by atoms with E-state index in [0.717, 1.165) is 19.5 Å². The molecule has 1 aromatic heterocycles. The minimum atomic E-state index is 0.127. The van der Waals surface area contributed by atoms with Gasteiger partial charge in [-0.05, 0) is 37.8 Å². The fourth-order valence-electron chi connectivity index (χ4n) is 3.21. The van der Waals surface area contributed by atoms with Gasteiger partial charge in [-0.2, -0.15) is 5.10 Å². The summed E-state index contributed by atoms with van der Waals surface area (Å²) in [6, 6.07) is 2.22. The molecule has 102 valence electrons. The van der Waals surface area contributed by atoms with E-state index in [-0.39, 0.29) is 5.54 Å². The van der Waals surface area contributed by atoms with E-state index in [1.165, 1.54) is 31.4 Å². The molecule has 0 saturated carbocycles. The average molecular weight is 249 g/mol. The molecule has 1 aliphatic rings. The third-order valence-electron chi connectivity index (χ3n) is 4.28. The smallest absolute Gasteiger partial charge is 0.0628 e. The SMILES string of the molecule is CCCn1nccc1C1(C(C)C)CCCCCN1. The highest BCUT2D eigenvalue weighted by atomic mass is 15.3. The minimum Gasteiger partial charge on any atom is -0.306 e. The van der Waals surface area contributed by atoms with Crippen LogP contribution < -0.4 is 5.32 Å². The van der Waals surface area contributed by atoms with Gasteiger partial charge in [0.05, 0.1) is 11.2 Å². The lowest BCUT2D eigenvalue weighted by atomic mass is 9.79. The van der Waals surface area contributed by atoms with Gasteiger partial charge in [-0.3, -0.25) is 4.68 Å². The van der Waals surface area contributed by atoms with Crippen molar-refractivity contribution in [1.29, 1.82) is 0 Å². The Balaban J connectivity index is 2.35. The number of rotatable bonds is 4. The Hall–Kier alpha value is -0.830. The standard InChI is InChI=1S/C15H27N3/c1-4-12-18-14(8-11-17-18)15(13(2)3)9-6-5-7-10-16-15/h8,11,13,16H,4-7,9-10,12H2,1-3H3. The number of aryl methyl sites for hydroxylation is 1. The van der Waals surface area contributed by atoms with Crippen LogP contribution in [0, 0.1) is 5.92 Å². The highest BCUT2D eigenvalue weighted by Gasteiger charge is 2.38. The van der Waals surface area contributed by atoms with Gasteiger partial charge in [0.15, 0.2) is 0 Å². The van der Waals surface area contributed by atoms with E-state index in [4.69, 9.17) is 0 Å². The Kier molecular flexibility index (Phi) is 4.44. The van der Waals surface area contributed by atoms with Crippen molar-refractivity contribution in [3.63, 3.8) is 0 Å². The number of nitrogens with zero attached hydrogens (tertiary/aromatic N) is 2. The Labute approximate surface area is 111 Å². The molecule has 3 nitrogen and oxygen atoms in total. The zero-order chi connectivity index (χ0) is 13.0. The zero-order valence-corrected chi connectivity index (χ0v) is 12.1. The van der Waals surface area contributed by atoms with Gasteiger partial charge in [0.2, 0.25) is 0 Å². The first-order valence-corrected chi connectivity index (χ1v) is 7.48. The molecule has 2 rings (SSSR count). The quantitative estimate of drug-likeness (QED) is 0.887. The molecule has 18 heavy (non-hydrogen) atoms. The number of hydrogen-bond acceptors (Lipinski definition) is 2. The molecule has 1 fully saturated rings. The monoisotopic (exact) mass is 249 g/mol. The Morgan fingerprint density at radius 3 is 2.94 bits per heavy atom. The van der Waals surface area contributed by atoms with Crippen molar-refractivity contribution in [3.05, 3.63) is 18.0 Å². The Bertz CT molecular complexity index is 360. The van der Waals surface area contributed by atoms with Crippen LogP contribution in [0.1, 0.15) is 58.6 Å². The van der Waals surface area contributed by atoms with E-state index >= 15 is 0 Å². The predicted octanol–water partition coefficient (Wildman–Crippen LogP) is 3.31. The number of nitrogens with one attached hydrogen (secondary N) is 1. The van der Waals surface area contributed by atoms with Crippen molar-refractivity contribution in [3.8, 4) is 0 Å². The van der Waals surface area contributed by atoms with E-state index in [0.29, 0.717) is 5.92 Å². The van der Waals surface area contributed by atoms with Gasteiger partial charge in [0.25, 0.3) is 0 Å². The first-order valence-electron chi connectivity index (χ1n) is 7.48. The molecule has 0 aliphatic carbocycles. The van der Waals surface area contributed by atoms with E-state index < -0.39 is 0 Å². The van der Waals surface area contributed by atoms with Gasteiger partial charge >= 0.3 is 0 Å². The highest BCUT2D eigenvalue weighted by Crippen LogP contribution is 2.36. The largest absolute Gasteiger partial charge is 0.306 e. The average Bonchev–Trinajstić information content (AvgIpc) is 2.66. The number of hydrogen-bond donors (Lipinski definition) is 1. The van der Waals surface area contributed by atoms with Gasteiger partial charge in [0.1, 0.15) is 0 Å². The van der Waals surface area contributed by atoms with Gasteiger partial charge in [-0.15, -0.1) is 0 Å². The van der Waals surface area contributed by atoms with Crippen molar-refractivity contribution < 1.29 is 0 Å². The maximum atomic E-state index is 4.52. The van der Waals surface area contributed by atoms with Crippen LogP contribution in [0.3, 0.4) is 0 Å². The molecule has 1 aromatic rings.